The minimum Gasteiger partial charge on any atom is -0.374 e. The van der Waals surface area contributed by atoms with Gasteiger partial charge < -0.3 is 5.32 Å². The van der Waals surface area contributed by atoms with Crippen LogP contribution < -0.4 is 10.7 Å². The summed E-state index contributed by atoms with van der Waals surface area (Å²) in [5, 5.41) is 6.81. The van der Waals surface area contributed by atoms with Gasteiger partial charge in [0.25, 0.3) is 0 Å². The summed E-state index contributed by atoms with van der Waals surface area (Å²) in [5.41, 5.74) is 2.77. The van der Waals surface area contributed by atoms with E-state index in [1.165, 1.54) is 12.8 Å². The molecular weight excluding hydrogens is 126 g/mol. The Morgan fingerprint density at radius 1 is 1.70 bits per heavy atom. The predicted molar refractivity (Wildman–Crippen MR) is 42.6 cm³/mol. The van der Waals surface area contributed by atoms with Crippen molar-refractivity contribution < 1.29 is 0 Å². The van der Waals surface area contributed by atoms with E-state index in [1.54, 1.807) is 0 Å². The Bertz CT molecular complexity index is 147. The average Bonchev–Trinajstić information content (AvgIpc) is 2.71. The quantitative estimate of drug-likeness (QED) is 0.443. The lowest BCUT2D eigenvalue weighted by Gasteiger charge is -2.00. The van der Waals surface area contributed by atoms with Gasteiger partial charge in [-0.2, -0.15) is 5.10 Å². The van der Waals surface area contributed by atoms with Crippen molar-refractivity contribution in [2.24, 2.45) is 11.0 Å². The molecular formula is C7H13N3. The third-order valence-electron chi connectivity index (χ3n) is 1.41. The van der Waals surface area contributed by atoms with E-state index in [0.717, 1.165) is 11.7 Å². The first-order chi connectivity index (χ1) is 4.83. The molecule has 0 aromatic rings. The monoisotopic (exact) mass is 139 g/mol. The Kier molecular flexibility index (Phi) is 2.31. The van der Waals surface area contributed by atoms with E-state index >= 15 is 0 Å². The summed E-state index contributed by atoms with van der Waals surface area (Å²) < 4.78 is 0. The summed E-state index contributed by atoms with van der Waals surface area (Å²) in [6.07, 6.45) is 4.51. The second-order valence-electron chi connectivity index (χ2n) is 2.46. The summed E-state index contributed by atoms with van der Waals surface area (Å²) >= 11 is 0. The van der Waals surface area contributed by atoms with E-state index in [2.05, 4.69) is 22.4 Å². The first-order valence-corrected chi connectivity index (χ1v) is 3.49. The SMILES string of the molecule is C=C(NC)N/N=C/C1CC1. The Labute approximate surface area is 61.2 Å². The van der Waals surface area contributed by atoms with Crippen molar-refractivity contribution in [1.82, 2.24) is 10.7 Å². The maximum atomic E-state index is 3.97. The van der Waals surface area contributed by atoms with Gasteiger partial charge in [-0.05, 0) is 18.8 Å². The molecule has 0 aliphatic heterocycles. The maximum Gasteiger partial charge on any atom is 0.112 e. The molecule has 0 unspecified atom stereocenters. The highest BCUT2D eigenvalue weighted by atomic mass is 15.3. The minimum absolute atomic E-state index is 0.720. The summed E-state index contributed by atoms with van der Waals surface area (Å²) in [7, 11) is 1.81. The minimum atomic E-state index is 0.720. The summed E-state index contributed by atoms with van der Waals surface area (Å²) in [6, 6.07) is 0. The van der Waals surface area contributed by atoms with Crippen molar-refractivity contribution in [2.45, 2.75) is 12.8 Å². The predicted octanol–water partition coefficient (Wildman–Crippen LogP) is 0.662. The highest BCUT2D eigenvalue weighted by Crippen LogP contribution is 2.25. The molecule has 1 fully saturated rings. The van der Waals surface area contributed by atoms with Crippen LogP contribution in [-0.2, 0) is 0 Å². The van der Waals surface area contributed by atoms with Crippen LogP contribution in [0, 0.1) is 5.92 Å². The summed E-state index contributed by atoms with van der Waals surface area (Å²) in [6.45, 7) is 3.65. The van der Waals surface area contributed by atoms with Crippen molar-refractivity contribution in [3.63, 3.8) is 0 Å². The molecule has 56 valence electrons. The molecule has 0 spiro atoms. The van der Waals surface area contributed by atoms with Gasteiger partial charge in [0.05, 0.1) is 0 Å². The van der Waals surface area contributed by atoms with E-state index in [0.29, 0.717) is 0 Å². The smallest absolute Gasteiger partial charge is 0.112 e. The molecule has 0 radical (unpaired) electrons. The molecule has 0 aromatic carbocycles. The highest BCUT2D eigenvalue weighted by Gasteiger charge is 2.18. The van der Waals surface area contributed by atoms with Gasteiger partial charge in [0.1, 0.15) is 5.82 Å². The fourth-order valence-electron chi connectivity index (χ4n) is 0.522. The summed E-state index contributed by atoms with van der Waals surface area (Å²) in [4.78, 5) is 0. The summed E-state index contributed by atoms with van der Waals surface area (Å²) in [5.74, 6) is 1.45. The zero-order valence-corrected chi connectivity index (χ0v) is 6.22. The van der Waals surface area contributed by atoms with Crippen molar-refractivity contribution >= 4 is 6.21 Å². The average molecular weight is 139 g/mol. The molecule has 0 amide bonds. The number of rotatable bonds is 4. The van der Waals surface area contributed by atoms with Crippen molar-refractivity contribution in [2.75, 3.05) is 7.05 Å². The lowest BCUT2D eigenvalue weighted by Crippen LogP contribution is -2.17. The van der Waals surface area contributed by atoms with Crippen LogP contribution in [0.25, 0.3) is 0 Å². The van der Waals surface area contributed by atoms with Crippen LogP contribution in [0.2, 0.25) is 0 Å². The van der Waals surface area contributed by atoms with Gasteiger partial charge in [-0.3, -0.25) is 5.43 Å². The fourth-order valence-corrected chi connectivity index (χ4v) is 0.522. The third kappa shape index (κ3) is 2.53. The number of hydrazone groups is 1. The van der Waals surface area contributed by atoms with E-state index in [9.17, 15) is 0 Å². The van der Waals surface area contributed by atoms with Crippen LogP contribution in [-0.4, -0.2) is 13.3 Å². The molecule has 0 saturated heterocycles. The van der Waals surface area contributed by atoms with E-state index in [1.807, 2.05) is 13.3 Å². The zero-order valence-electron chi connectivity index (χ0n) is 6.22. The molecule has 1 saturated carbocycles. The van der Waals surface area contributed by atoms with Gasteiger partial charge >= 0.3 is 0 Å². The molecule has 1 aliphatic rings. The van der Waals surface area contributed by atoms with Crippen LogP contribution in [0.5, 0.6) is 0 Å². The van der Waals surface area contributed by atoms with Gasteiger partial charge in [-0.25, -0.2) is 0 Å². The maximum absolute atomic E-state index is 3.97. The molecule has 0 atom stereocenters. The lowest BCUT2D eigenvalue weighted by atomic mass is 10.5. The Balaban J connectivity index is 2.07. The standard InChI is InChI=1S/C7H13N3/c1-6(8-2)10-9-5-7-3-4-7/h5,7-8,10H,1,3-4H2,2H3/b9-5+. The first-order valence-electron chi connectivity index (χ1n) is 3.49. The number of nitrogens with one attached hydrogen (secondary N) is 2. The number of nitrogens with zero attached hydrogens (tertiary/aromatic N) is 1. The molecule has 1 aliphatic carbocycles. The molecule has 1 rings (SSSR count). The first kappa shape index (κ1) is 7.12. The van der Waals surface area contributed by atoms with Crippen LogP contribution >= 0.6 is 0 Å². The van der Waals surface area contributed by atoms with Gasteiger partial charge in [0.2, 0.25) is 0 Å². The molecule has 0 aromatic heterocycles. The molecule has 3 nitrogen and oxygen atoms in total. The molecule has 10 heavy (non-hydrogen) atoms. The van der Waals surface area contributed by atoms with Crippen LogP contribution in [0.1, 0.15) is 12.8 Å². The second kappa shape index (κ2) is 3.25. The van der Waals surface area contributed by atoms with Crippen molar-refractivity contribution in [1.29, 1.82) is 0 Å². The van der Waals surface area contributed by atoms with Gasteiger partial charge in [-0.1, -0.05) is 6.58 Å². The van der Waals surface area contributed by atoms with Crippen molar-refractivity contribution in [3.8, 4) is 0 Å². The van der Waals surface area contributed by atoms with E-state index in [-0.39, 0.29) is 0 Å². The number of hydrogen-bond donors (Lipinski definition) is 2. The van der Waals surface area contributed by atoms with Crippen LogP contribution in [0.15, 0.2) is 17.5 Å². The zero-order chi connectivity index (χ0) is 7.40. The van der Waals surface area contributed by atoms with Crippen LogP contribution in [0.3, 0.4) is 0 Å². The fraction of sp³-hybridized carbons (Fsp3) is 0.571. The largest absolute Gasteiger partial charge is 0.374 e. The van der Waals surface area contributed by atoms with Gasteiger partial charge in [0.15, 0.2) is 0 Å². The Morgan fingerprint density at radius 3 is 2.90 bits per heavy atom. The Morgan fingerprint density at radius 2 is 2.40 bits per heavy atom. The number of hydrogen-bond acceptors (Lipinski definition) is 3. The highest BCUT2D eigenvalue weighted by molar-refractivity contribution is 5.63. The second-order valence-corrected chi connectivity index (χ2v) is 2.46. The molecule has 3 heteroatoms. The molecule has 0 bridgehead atoms. The van der Waals surface area contributed by atoms with Crippen LogP contribution in [0.4, 0.5) is 0 Å². The lowest BCUT2D eigenvalue weighted by molar-refractivity contribution is 0.787. The Hall–Kier alpha value is -0.990. The molecule has 0 heterocycles. The van der Waals surface area contributed by atoms with Gasteiger partial charge in [0, 0.05) is 13.3 Å². The third-order valence-corrected chi connectivity index (χ3v) is 1.41. The topological polar surface area (TPSA) is 36.4 Å². The normalized spacial score (nSPS) is 17.3. The van der Waals surface area contributed by atoms with Gasteiger partial charge in [-0.15, -0.1) is 0 Å². The van der Waals surface area contributed by atoms with E-state index in [4.69, 9.17) is 0 Å². The molecule has 2 N–H and O–H groups in total. The van der Waals surface area contributed by atoms with Crippen molar-refractivity contribution in [3.05, 3.63) is 12.4 Å². The van der Waals surface area contributed by atoms with E-state index < -0.39 is 0 Å².